The maximum absolute atomic E-state index is 13.0. The molecule has 5 heteroatoms. The summed E-state index contributed by atoms with van der Waals surface area (Å²) in [7, 11) is 0. The molecule has 0 unspecified atom stereocenters. The number of nitrogens with zero attached hydrogens (tertiary/aromatic N) is 1. The van der Waals surface area contributed by atoms with Crippen LogP contribution in [-0.4, -0.2) is 16.7 Å². The summed E-state index contributed by atoms with van der Waals surface area (Å²) >= 11 is 0. The monoisotopic (exact) mass is 362 g/mol. The van der Waals surface area contributed by atoms with Gasteiger partial charge in [0.05, 0.1) is 0 Å². The fourth-order valence-electron chi connectivity index (χ4n) is 2.67. The average molecular weight is 362 g/mol. The van der Waals surface area contributed by atoms with Crippen LogP contribution in [0.4, 0.5) is 10.1 Å². The number of carbonyl (C=O) groups excluding carboxylic acids is 2. The third kappa shape index (κ3) is 5.25. The number of hydrogen-bond donors (Lipinski definition) is 1. The Labute approximate surface area is 157 Å². The number of rotatable bonds is 5. The van der Waals surface area contributed by atoms with Crippen molar-refractivity contribution in [2.75, 3.05) is 5.32 Å². The van der Waals surface area contributed by atoms with Crippen molar-refractivity contribution in [3.63, 3.8) is 0 Å². The summed E-state index contributed by atoms with van der Waals surface area (Å²) in [6.07, 6.45) is 0. The van der Waals surface area contributed by atoms with Crippen molar-refractivity contribution in [2.24, 2.45) is 0 Å². The van der Waals surface area contributed by atoms with Crippen molar-refractivity contribution in [1.29, 1.82) is 0 Å². The SMILES string of the molecule is O=C(Nc1ccc(F)cc1)C(=O)N(Cc1ccccc1)Cc1ccccc1. The van der Waals surface area contributed by atoms with Crippen LogP contribution in [0.3, 0.4) is 0 Å². The van der Waals surface area contributed by atoms with E-state index in [-0.39, 0.29) is 0 Å². The molecular weight excluding hydrogens is 343 g/mol. The maximum Gasteiger partial charge on any atom is 0.313 e. The Balaban J connectivity index is 1.76. The first-order valence-electron chi connectivity index (χ1n) is 8.55. The molecule has 0 aliphatic heterocycles. The molecule has 0 bridgehead atoms. The Hall–Kier alpha value is -3.47. The van der Waals surface area contributed by atoms with Gasteiger partial charge >= 0.3 is 11.8 Å². The predicted molar refractivity (Wildman–Crippen MR) is 102 cm³/mol. The number of nitrogens with one attached hydrogen (secondary N) is 1. The Morgan fingerprint density at radius 2 is 1.22 bits per heavy atom. The number of hydrogen-bond acceptors (Lipinski definition) is 2. The van der Waals surface area contributed by atoms with E-state index in [1.165, 1.54) is 29.2 Å². The van der Waals surface area contributed by atoms with Gasteiger partial charge in [-0.3, -0.25) is 9.59 Å². The van der Waals surface area contributed by atoms with E-state index in [0.29, 0.717) is 18.8 Å². The Bertz CT molecular complexity index is 855. The van der Waals surface area contributed by atoms with Crippen LogP contribution in [0.5, 0.6) is 0 Å². The number of benzene rings is 3. The van der Waals surface area contributed by atoms with Gasteiger partial charge in [-0.2, -0.15) is 0 Å². The summed E-state index contributed by atoms with van der Waals surface area (Å²) in [5.41, 5.74) is 2.22. The molecule has 2 amide bonds. The lowest BCUT2D eigenvalue weighted by atomic mass is 10.1. The summed E-state index contributed by atoms with van der Waals surface area (Å²) in [5.74, 6) is -1.81. The molecule has 0 saturated carbocycles. The fraction of sp³-hybridized carbons (Fsp3) is 0.0909. The molecule has 0 spiro atoms. The number of halogens is 1. The first-order chi connectivity index (χ1) is 13.1. The Kier molecular flexibility index (Phi) is 5.94. The summed E-state index contributed by atoms with van der Waals surface area (Å²) in [6.45, 7) is 0.622. The highest BCUT2D eigenvalue weighted by atomic mass is 19.1. The summed E-state index contributed by atoms with van der Waals surface area (Å²) in [5, 5.41) is 2.52. The minimum atomic E-state index is -0.756. The topological polar surface area (TPSA) is 49.4 Å². The van der Waals surface area contributed by atoms with Gasteiger partial charge in [0.15, 0.2) is 0 Å². The molecule has 27 heavy (non-hydrogen) atoms. The minimum Gasteiger partial charge on any atom is -0.326 e. The smallest absolute Gasteiger partial charge is 0.313 e. The van der Waals surface area contributed by atoms with Gasteiger partial charge in [-0.15, -0.1) is 0 Å². The van der Waals surface area contributed by atoms with Crippen LogP contribution < -0.4 is 5.32 Å². The maximum atomic E-state index is 13.0. The molecular formula is C22H19FN2O2. The normalized spacial score (nSPS) is 10.3. The Morgan fingerprint density at radius 3 is 1.70 bits per heavy atom. The highest BCUT2D eigenvalue weighted by Crippen LogP contribution is 2.13. The molecule has 3 aromatic rings. The summed E-state index contributed by atoms with van der Waals surface area (Å²) in [6, 6.07) is 24.3. The van der Waals surface area contributed by atoms with E-state index in [4.69, 9.17) is 0 Å². The van der Waals surface area contributed by atoms with Crippen LogP contribution >= 0.6 is 0 Å². The van der Waals surface area contributed by atoms with Gasteiger partial charge in [0.2, 0.25) is 0 Å². The van der Waals surface area contributed by atoms with E-state index in [2.05, 4.69) is 5.32 Å². The second kappa shape index (κ2) is 8.76. The molecule has 3 rings (SSSR count). The van der Waals surface area contributed by atoms with Crippen LogP contribution in [-0.2, 0) is 22.7 Å². The summed E-state index contributed by atoms with van der Waals surface area (Å²) < 4.78 is 13.0. The van der Waals surface area contributed by atoms with Gasteiger partial charge in [0.1, 0.15) is 5.82 Å². The number of anilines is 1. The molecule has 0 saturated heterocycles. The van der Waals surface area contributed by atoms with E-state index in [1.807, 2.05) is 60.7 Å². The van der Waals surface area contributed by atoms with E-state index < -0.39 is 17.6 Å². The van der Waals surface area contributed by atoms with Gasteiger partial charge < -0.3 is 10.2 Å². The fourth-order valence-corrected chi connectivity index (χ4v) is 2.67. The van der Waals surface area contributed by atoms with Gasteiger partial charge in [-0.05, 0) is 35.4 Å². The second-order valence-corrected chi connectivity index (χ2v) is 6.09. The van der Waals surface area contributed by atoms with Gasteiger partial charge in [0, 0.05) is 18.8 Å². The van der Waals surface area contributed by atoms with Crippen molar-refractivity contribution in [2.45, 2.75) is 13.1 Å². The van der Waals surface area contributed by atoms with Crippen molar-refractivity contribution < 1.29 is 14.0 Å². The molecule has 0 aromatic heterocycles. The molecule has 0 radical (unpaired) electrons. The third-order valence-electron chi connectivity index (χ3n) is 4.02. The van der Waals surface area contributed by atoms with Crippen LogP contribution in [0.25, 0.3) is 0 Å². The molecule has 0 atom stereocenters. The van der Waals surface area contributed by atoms with Crippen LogP contribution in [0, 0.1) is 5.82 Å². The molecule has 0 aliphatic rings. The largest absolute Gasteiger partial charge is 0.326 e. The Morgan fingerprint density at radius 1 is 0.741 bits per heavy atom. The average Bonchev–Trinajstić information content (AvgIpc) is 2.70. The number of carbonyl (C=O) groups is 2. The molecule has 0 fully saturated rings. The standard InChI is InChI=1S/C22H19FN2O2/c23-19-11-13-20(14-12-19)24-21(26)22(27)25(15-17-7-3-1-4-8-17)16-18-9-5-2-6-10-18/h1-14H,15-16H2,(H,24,26). The van der Waals surface area contributed by atoms with E-state index in [9.17, 15) is 14.0 Å². The molecule has 1 N–H and O–H groups in total. The molecule has 0 heterocycles. The number of amides is 2. The molecule has 4 nitrogen and oxygen atoms in total. The highest BCUT2D eigenvalue weighted by molar-refractivity contribution is 6.39. The van der Waals surface area contributed by atoms with E-state index in [0.717, 1.165) is 11.1 Å². The van der Waals surface area contributed by atoms with Crippen molar-refractivity contribution >= 4 is 17.5 Å². The zero-order valence-electron chi connectivity index (χ0n) is 14.6. The van der Waals surface area contributed by atoms with Gasteiger partial charge in [-0.1, -0.05) is 60.7 Å². The van der Waals surface area contributed by atoms with Gasteiger partial charge in [-0.25, -0.2) is 4.39 Å². The van der Waals surface area contributed by atoms with Crippen LogP contribution in [0.1, 0.15) is 11.1 Å². The van der Waals surface area contributed by atoms with E-state index in [1.54, 1.807) is 0 Å². The van der Waals surface area contributed by atoms with Crippen LogP contribution in [0.15, 0.2) is 84.9 Å². The van der Waals surface area contributed by atoms with Crippen molar-refractivity contribution in [3.05, 3.63) is 102 Å². The lowest BCUT2D eigenvalue weighted by molar-refractivity contribution is -0.144. The zero-order chi connectivity index (χ0) is 19.1. The predicted octanol–water partition coefficient (Wildman–Crippen LogP) is 3.99. The lowest BCUT2D eigenvalue weighted by Crippen LogP contribution is -2.38. The first kappa shape index (κ1) is 18.3. The molecule has 136 valence electrons. The first-order valence-corrected chi connectivity index (χ1v) is 8.55. The highest BCUT2D eigenvalue weighted by Gasteiger charge is 2.22. The molecule has 0 aliphatic carbocycles. The lowest BCUT2D eigenvalue weighted by Gasteiger charge is -2.22. The quantitative estimate of drug-likeness (QED) is 0.698. The zero-order valence-corrected chi connectivity index (χ0v) is 14.6. The minimum absolute atomic E-state index is 0.311. The van der Waals surface area contributed by atoms with Crippen LogP contribution in [0.2, 0.25) is 0 Å². The van der Waals surface area contributed by atoms with Crippen molar-refractivity contribution in [1.82, 2.24) is 4.90 Å². The summed E-state index contributed by atoms with van der Waals surface area (Å²) in [4.78, 5) is 26.7. The van der Waals surface area contributed by atoms with Crippen molar-refractivity contribution in [3.8, 4) is 0 Å². The molecule has 3 aromatic carbocycles. The third-order valence-corrected chi connectivity index (χ3v) is 4.02. The van der Waals surface area contributed by atoms with Gasteiger partial charge in [0.25, 0.3) is 0 Å². The van der Waals surface area contributed by atoms with E-state index >= 15 is 0 Å². The second-order valence-electron chi connectivity index (χ2n) is 6.09.